The summed E-state index contributed by atoms with van der Waals surface area (Å²) in [5, 5.41) is 11.7. The molecule has 0 spiro atoms. The molecule has 2 aromatic heterocycles. The van der Waals surface area contributed by atoms with E-state index in [0.717, 1.165) is 15.7 Å². The zero-order valence-corrected chi connectivity index (χ0v) is 15.5. The van der Waals surface area contributed by atoms with Gasteiger partial charge in [-0.2, -0.15) is 0 Å². The summed E-state index contributed by atoms with van der Waals surface area (Å²) in [6, 6.07) is 9.31. The molecule has 0 fully saturated rings. The second kappa shape index (κ2) is 7.23. The van der Waals surface area contributed by atoms with Crippen molar-refractivity contribution < 1.29 is 9.21 Å². The van der Waals surface area contributed by atoms with E-state index >= 15 is 0 Å². The van der Waals surface area contributed by atoms with Gasteiger partial charge >= 0.3 is 0 Å². The topological polar surface area (TPSA) is 73.0 Å². The number of carbonyl (C=O) groups excluding carboxylic acids is 1. The number of hydrogen-bond donors (Lipinski definition) is 1. The Morgan fingerprint density at radius 2 is 2.21 bits per heavy atom. The van der Waals surface area contributed by atoms with Crippen molar-refractivity contribution in [3.63, 3.8) is 0 Å². The Morgan fingerprint density at radius 1 is 1.38 bits per heavy atom. The van der Waals surface area contributed by atoms with E-state index < -0.39 is 0 Å². The summed E-state index contributed by atoms with van der Waals surface area (Å²) >= 11 is 4.77. The fraction of sp³-hybridized carbons (Fsp3) is 0.188. The quantitative estimate of drug-likeness (QED) is 0.650. The van der Waals surface area contributed by atoms with Gasteiger partial charge in [-0.25, -0.2) is 0 Å². The summed E-state index contributed by atoms with van der Waals surface area (Å²) < 4.78 is 8.14. The molecule has 1 amide bonds. The molecule has 0 saturated heterocycles. The van der Waals surface area contributed by atoms with Gasteiger partial charge < -0.3 is 14.3 Å². The van der Waals surface area contributed by atoms with Crippen LogP contribution in [-0.4, -0.2) is 26.4 Å². The van der Waals surface area contributed by atoms with Crippen LogP contribution in [0.3, 0.4) is 0 Å². The van der Waals surface area contributed by atoms with Crippen molar-refractivity contribution in [2.45, 2.75) is 12.1 Å². The molecule has 124 valence electrons. The number of nitrogens with zero attached hydrogens (tertiary/aromatic N) is 3. The van der Waals surface area contributed by atoms with Crippen LogP contribution in [0.4, 0.5) is 5.69 Å². The number of carbonyl (C=O) groups is 1. The van der Waals surface area contributed by atoms with Crippen molar-refractivity contribution in [2.24, 2.45) is 7.05 Å². The van der Waals surface area contributed by atoms with Crippen molar-refractivity contribution in [3.05, 3.63) is 46.6 Å². The van der Waals surface area contributed by atoms with Crippen molar-refractivity contribution in [3.8, 4) is 11.6 Å². The van der Waals surface area contributed by atoms with E-state index in [4.69, 9.17) is 4.42 Å². The van der Waals surface area contributed by atoms with Crippen LogP contribution in [0.1, 0.15) is 5.56 Å². The van der Waals surface area contributed by atoms with Crippen LogP contribution in [-0.2, 0) is 11.8 Å². The van der Waals surface area contributed by atoms with Gasteiger partial charge in [0, 0.05) is 17.2 Å². The van der Waals surface area contributed by atoms with Crippen LogP contribution in [0, 0.1) is 6.92 Å². The third-order valence-electron chi connectivity index (χ3n) is 3.35. The molecule has 0 unspecified atom stereocenters. The zero-order valence-electron chi connectivity index (χ0n) is 13.1. The SMILES string of the molecule is Cc1cc(NC(=O)CSc2nnc(-c3ccco3)n2C)ccc1Br. The molecule has 24 heavy (non-hydrogen) atoms. The molecule has 1 aromatic carbocycles. The highest BCUT2D eigenvalue weighted by atomic mass is 79.9. The van der Waals surface area contributed by atoms with E-state index in [-0.39, 0.29) is 11.7 Å². The molecule has 0 radical (unpaired) electrons. The van der Waals surface area contributed by atoms with Crippen LogP contribution < -0.4 is 5.32 Å². The number of rotatable bonds is 5. The summed E-state index contributed by atoms with van der Waals surface area (Å²) in [5.41, 5.74) is 1.84. The van der Waals surface area contributed by atoms with Crippen LogP contribution in [0.5, 0.6) is 0 Å². The maximum atomic E-state index is 12.1. The fourth-order valence-corrected chi connectivity index (χ4v) is 3.07. The molecule has 0 saturated carbocycles. The third kappa shape index (κ3) is 3.70. The zero-order chi connectivity index (χ0) is 17.1. The fourth-order valence-electron chi connectivity index (χ4n) is 2.11. The molecule has 3 rings (SSSR count). The number of hydrogen-bond acceptors (Lipinski definition) is 5. The van der Waals surface area contributed by atoms with Gasteiger partial charge in [0.25, 0.3) is 0 Å². The molecule has 0 bridgehead atoms. The summed E-state index contributed by atoms with van der Waals surface area (Å²) in [4.78, 5) is 12.1. The molecule has 0 aliphatic rings. The highest BCUT2D eigenvalue weighted by Crippen LogP contribution is 2.23. The number of thioether (sulfide) groups is 1. The second-order valence-electron chi connectivity index (χ2n) is 5.14. The van der Waals surface area contributed by atoms with Gasteiger partial charge in [-0.1, -0.05) is 27.7 Å². The number of halogens is 1. The monoisotopic (exact) mass is 406 g/mol. The summed E-state index contributed by atoms with van der Waals surface area (Å²) in [7, 11) is 1.84. The van der Waals surface area contributed by atoms with Crippen molar-refractivity contribution in [1.29, 1.82) is 0 Å². The predicted molar refractivity (Wildman–Crippen MR) is 96.9 cm³/mol. The number of nitrogens with one attached hydrogen (secondary N) is 1. The number of anilines is 1. The minimum Gasteiger partial charge on any atom is -0.461 e. The van der Waals surface area contributed by atoms with Gasteiger partial charge in [-0.05, 0) is 42.8 Å². The predicted octanol–water partition coefficient (Wildman–Crippen LogP) is 3.88. The summed E-state index contributed by atoms with van der Waals surface area (Å²) in [5.74, 6) is 1.43. The lowest BCUT2D eigenvalue weighted by molar-refractivity contribution is -0.113. The van der Waals surface area contributed by atoms with E-state index in [2.05, 4.69) is 31.4 Å². The van der Waals surface area contributed by atoms with Gasteiger partial charge in [-0.3, -0.25) is 4.79 Å². The Labute approximate surface area is 151 Å². The van der Waals surface area contributed by atoms with Gasteiger partial charge in [0.05, 0.1) is 12.0 Å². The van der Waals surface area contributed by atoms with Gasteiger partial charge in [0.1, 0.15) is 0 Å². The molecule has 6 nitrogen and oxygen atoms in total. The first-order valence-electron chi connectivity index (χ1n) is 7.16. The van der Waals surface area contributed by atoms with Crippen molar-refractivity contribution in [2.75, 3.05) is 11.1 Å². The first-order valence-corrected chi connectivity index (χ1v) is 8.94. The van der Waals surface area contributed by atoms with E-state index in [1.165, 1.54) is 11.8 Å². The molecule has 8 heteroatoms. The maximum absolute atomic E-state index is 12.1. The number of aryl methyl sites for hydroxylation is 1. The standard InChI is InChI=1S/C16H15BrN4O2S/c1-10-8-11(5-6-12(10)17)18-14(22)9-24-16-20-19-15(21(16)2)13-4-3-7-23-13/h3-8H,9H2,1-2H3,(H,18,22). The Morgan fingerprint density at radius 3 is 2.92 bits per heavy atom. The maximum Gasteiger partial charge on any atom is 0.234 e. The lowest BCUT2D eigenvalue weighted by Gasteiger charge is -2.07. The lowest BCUT2D eigenvalue weighted by Crippen LogP contribution is -2.14. The Bertz CT molecular complexity index is 861. The van der Waals surface area contributed by atoms with Crippen LogP contribution >= 0.6 is 27.7 Å². The number of aromatic nitrogens is 3. The van der Waals surface area contributed by atoms with Gasteiger partial charge in [-0.15, -0.1) is 10.2 Å². The first-order chi connectivity index (χ1) is 11.5. The Kier molecular flexibility index (Phi) is 5.06. The molecule has 0 aliphatic carbocycles. The number of amides is 1. The van der Waals surface area contributed by atoms with E-state index in [1.807, 2.05) is 38.2 Å². The summed E-state index contributed by atoms with van der Waals surface area (Å²) in [6.07, 6.45) is 1.59. The molecule has 2 heterocycles. The van der Waals surface area contributed by atoms with Crippen LogP contribution in [0.15, 0.2) is 50.6 Å². The average Bonchev–Trinajstić information content (AvgIpc) is 3.19. The number of benzene rings is 1. The normalized spacial score (nSPS) is 10.8. The molecule has 0 atom stereocenters. The lowest BCUT2D eigenvalue weighted by atomic mass is 10.2. The molecule has 1 N–H and O–H groups in total. The van der Waals surface area contributed by atoms with Crippen molar-refractivity contribution in [1.82, 2.24) is 14.8 Å². The first kappa shape index (κ1) is 16.8. The van der Waals surface area contributed by atoms with Gasteiger partial charge in [0.2, 0.25) is 5.91 Å². The summed E-state index contributed by atoms with van der Waals surface area (Å²) in [6.45, 7) is 1.98. The molecular formula is C16H15BrN4O2S. The van der Waals surface area contributed by atoms with Crippen LogP contribution in [0.25, 0.3) is 11.6 Å². The van der Waals surface area contributed by atoms with E-state index in [1.54, 1.807) is 16.9 Å². The average molecular weight is 407 g/mol. The largest absolute Gasteiger partial charge is 0.461 e. The third-order valence-corrected chi connectivity index (χ3v) is 5.26. The highest BCUT2D eigenvalue weighted by Gasteiger charge is 2.14. The Hall–Kier alpha value is -2.06. The number of furan rings is 1. The molecular weight excluding hydrogens is 392 g/mol. The molecule has 3 aromatic rings. The Balaban J connectivity index is 1.61. The highest BCUT2D eigenvalue weighted by molar-refractivity contribution is 9.10. The minimum absolute atomic E-state index is 0.0933. The van der Waals surface area contributed by atoms with Crippen molar-refractivity contribution >= 4 is 39.3 Å². The second-order valence-corrected chi connectivity index (χ2v) is 6.94. The smallest absolute Gasteiger partial charge is 0.234 e. The molecule has 0 aliphatic heterocycles. The van der Waals surface area contributed by atoms with E-state index in [0.29, 0.717) is 16.7 Å². The minimum atomic E-state index is -0.0933. The van der Waals surface area contributed by atoms with Gasteiger partial charge in [0.15, 0.2) is 16.7 Å². The van der Waals surface area contributed by atoms with Crippen LogP contribution in [0.2, 0.25) is 0 Å². The van der Waals surface area contributed by atoms with E-state index in [9.17, 15) is 4.79 Å².